The molecule has 0 amide bonds. The van der Waals surface area contributed by atoms with Crippen LogP contribution in [-0.2, 0) is 0 Å². The first-order chi connectivity index (χ1) is 7.77. The fraction of sp³-hybridized carbons (Fsp3) is 1.00. The first kappa shape index (κ1) is 16.7. The molecule has 0 aliphatic rings. The fourth-order valence-corrected chi connectivity index (χ4v) is 1.75. The van der Waals surface area contributed by atoms with Gasteiger partial charge in [-0.15, -0.1) is 0 Å². The molecule has 0 atom stereocenters. The second kappa shape index (κ2) is 7.93. The van der Waals surface area contributed by atoms with Crippen molar-refractivity contribution in [2.24, 2.45) is 11.1 Å². The predicted octanol–water partition coefficient (Wildman–Crippen LogP) is 3.07. The summed E-state index contributed by atoms with van der Waals surface area (Å²) in [5.41, 5.74) is 5.74. The van der Waals surface area contributed by atoms with E-state index >= 15 is 0 Å². The third kappa shape index (κ3) is 12.0. The summed E-state index contributed by atoms with van der Waals surface area (Å²) in [4.78, 5) is 0. The summed E-state index contributed by atoms with van der Waals surface area (Å²) in [7, 11) is 0. The van der Waals surface area contributed by atoms with Crippen LogP contribution in [0.5, 0.6) is 0 Å². The van der Waals surface area contributed by atoms with Gasteiger partial charge in [-0.2, -0.15) is 13.2 Å². The predicted molar refractivity (Wildman–Crippen MR) is 64.8 cm³/mol. The minimum Gasteiger partial charge on any atom is -0.330 e. The van der Waals surface area contributed by atoms with E-state index in [1.807, 2.05) is 0 Å². The van der Waals surface area contributed by atoms with Crippen LogP contribution in [0.4, 0.5) is 13.2 Å². The van der Waals surface area contributed by atoms with Crippen LogP contribution in [0.25, 0.3) is 0 Å². The molecule has 0 aromatic heterocycles. The maximum atomic E-state index is 11.8. The molecule has 0 fully saturated rings. The molecule has 0 heterocycles. The summed E-state index contributed by atoms with van der Waals surface area (Å²) in [6, 6.07) is 0. The summed E-state index contributed by atoms with van der Waals surface area (Å²) < 4.78 is 35.5. The minimum atomic E-state index is -4.02. The van der Waals surface area contributed by atoms with E-state index in [4.69, 9.17) is 5.73 Å². The van der Waals surface area contributed by atoms with Gasteiger partial charge in [0.25, 0.3) is 0 Å². The Balaban J connectivity index is 3.35. The molecular formula is C12H25F3N2. The van der Waals surface area contributed by atoms with Crippen molar-refractivity contribution in [3.8, 4) is 0 Å². The molecule has 0 aliphatic heterocycles. The number of rotatable bonds is 9. The van der Waals surface area contributed by atoms with Crippen molar-refractivity contribution in [2.75, 3.05) is 19.6 Å². The molecule has 0 saturated heterocycles. The second-order valence-electron chi connectivity index (χ2n) is 5.28. The van der Waals surface area contributed by atoms with Gasteiger partial charge in [0.1, 0.15) is 0 Å². The Morgan fingerprint density at radius 1 is 0.941 bits per heavy atom. The zero-order valence-electron chi connectivity index (χ0n) is 10.9. The lowest BCUT2D eigenvalue weighted by Gasteiger charge is -2.23. The molecule has 0 aromatic rings. The van der Waals surface area contributed by atoms with Crippen LogP contribution < -0.4 is 11.1 Å². The summed E-state index contributed by atoms with van der Waals surface area (Å²) in [6.45, 7) is 6.25. The highest BCUT2D eigenvalue weighted by atomic mass is 19.4. The van der Waals surface area contributed by atoms with Crippen LogP contribution in [0.3, 0.4) is 0 Å². The SMILES string of the molecule is CC(C)(CCN)CCCNCCCC(F)(F)F. The van der Waals surface area contributed by atoms with Gasteiger partial charge in [-0.25, -0.2) is 0 Å². The van der Waals surface area contributed by atoms with E-state index in [0.717, 1.165) is 25.8 Å². The van der Waals surface area contributed by atoms with Crippen LogP contribution in [0.15, 0.2) is 0 Å². The Morgan fingerprint density at radius 2 is 1.47 bits per heavy atom. The van der Waals surface area contributed by atoms with Gasteiger partial charge in [0.15, 0.2) is 0 Å². The Hall–Kier alpha value is -0.290. The number of halogens is 3. The van der Waals surface area contributed by atoms with Crippen molar-refractivity contribution >= 4 is 0 Å². The van der Waals surface area contributed by atoms with E-state index in [1.165, 1.54) is 0 Å². The van der Waals surface area contributed by atoms with Crippen LogP contribution >= 0.6 is 0 Å². The van der Waals surface area contributed by atoms with E-state index < -0.39 is 12.6 Å². The minimum absolute atomic E-state index is 0.162. The number of hydrogen-bond acceptors (Lipinski definition) is 2. The molecule has 0 aromatic carbocycles. The fourth-order valence-electron chi connectivity index (χ4n) is 1.75. The van der Waals surface area contributed by atoms with Crippen molar-refractivity contribution in [1.82, 2.24) is 5.32 Å². The van der Waals surface area contributed by atoms with Gasteiger partial charge in [-0.05, 0) is 50.7 Å². The van der Waals surface area contributed by atoms with Gasteiger partial charge < -0.3 is 11.1 Å². The molecule has 2 nitrogen and oxygen atoms in total. The monoisotopic (exact) mass is 254 g/mol. The maximum absolute atomic E-state index is 11.8. The van der Waals surface area contributed by atoms with E-state index in [2.05, 4.69) is 19.2 Å². The number of nitrogens with two attached hydrogens (primary N) is 1. The summed E-state index contributed by atoms with van der Waals surface area (Å²) in [5.74, 6) is 0. The Kier molecular flexibility index (Phi) is 7.79. The van der Waals surface area contributed by atoms with Gasteiger partial charge in [0, 0.05) is 6.42 Å². The van der Waals surface area contributed by atoms with Gasteiger partial charge >= 0.3 is 6.18 Å². The molecule has 0 radical (unpaired) electrons. The highest BCUT2D eigenvalue weighted by Crippen LogP contribution is 2.25. The standard InChI is InChI=1S/C12H25F3N2/c1-11(2,7-8-16)5-3-9-17-10-4-6-12(13,14)15/h17H,3-10,16H2,1-2H3. The molecule has 0 aliphatic carbocycles. The van der Waals surface area contributed by atoms with Crippen molar-refractivity contribution in [2.45, 2.75) is 52.1 Å². The van der Waals surface area contributed by atoms with Crippen LogP contribution in [0.1, 0.15) is 46.0 Å². The molecule has 5 heteroatoms. The lowest BCUT2D eigenvalue weighted by Crippen LogP contribution is -2.22. The number of alkyl halides is 3. The normalized spacial score (nSPS) is 13.1. The van der Waals surface area contributed by atoms with E-state index in [1.54, 1.807) is 0 Å². The maximum Gasteiger partial charge on any atom is 0.389 e. The molecule has 0 saturated carbocycles. The number of hydrogen-bond donors (Lipinski definition) is 2. The average molecular weight is 254 g/mol. The first-order valence-electron chi connectivity index (χ1n) is 6.24. The van der Waals surface area contributed by atoms with Crippen molar-refractivity contribution in [3.05, 3.63) is 0 Å². The molecule has 104 valence electrons. The van der Waals surface area contributed by atoms with Gasteiger partial charge in [0.05, 0.1) is 0 Å². The van der Waals surface area contributed by atoms with E-state index in [-0.39, 0.29) is 11.8 Å². The molecule has 0 spiro atoms. The summed E-state index contributed by atoms with van der Waals surface area (Å²) in [6.07, 6.45) is -1.53. The summed E-state index contributed by atoms with van der Waals surface area (Å²) >= 11 is 0. The smallest absolute Gasteiger partial charge is 0.330 e. The quantitative estimate of drug-likeness (QED) is 0.621. The molecule has 0 rings (SSSR count). The second-order valence-corrected chi connectivity index (χ2v) is 5.28. The van der Waals surface area contributed by atoms with E-state index in [0.29, 0.717) is 13.1 Å². The third-order valence-corrected chi connectivity index (χ3v) is 2.84. The lowest BCUT2D eigenvalue weighted by molar-refractivity contribution is -0.135. The Labute approximate surface area is 102 Å². The van der Waals surface area contributed by atoms with Crippen molar-refractivity contribution < 1.29 is 13.2 Å². The topological polar surface area (TPSA) is 38.0 Å². The van der Waals surface area contributed by atoms with Gasteiger partial charge in [-0.1, -0.05) is 13.8 Å². The summed E-state index contributed by atoms with van der Waals surface area (Å²) in [5, 5.41) is 3.04. The highest BCUT2D eigenvalue weighted by Gasteiger charge is 2.25. The number of nitrogens with one attached hydrogen (secondary N) is 1. The average Bonchev–Trinajstić information content (AvgIpc) is 2.14. The van der Waals surface area contributed by atoms with E-state index in [9.17, 15) is 13.2 Å². The van der Waals surface area contributed by atoms with Crippen LogP contribution in [-0.4, -0.2) is 25.8 Å². The Morgan fingerprint density at radius 3 is 1.94 bits per heavy atom. The largest absolute Gasteiger partial charge is 0.389 e. The Bertz CT molecular complexity index is 191. The molecule has 0 bridgehead atoms. The highest BCUT2D eigenvalue weighted by molar-refractivity contribution is 4.69. The van der Waals surface area contributed by atoms with Crippen LogP contribution in [0.2, 0.25) is 0 Å². The van der Waals surface area contributed by atoms with Crippen LogP contribution in [0, 0.1) is 5.41 Å². The first-order valence-corrected chi connectivity index (χ1v) is 6.24. The molecule has 17 heavy (non-hydrogen) atoms. The zero-order valence-corrected chi connectivity index (χ0v) is 10.9. The molecule has 3 N–H and O–H groups in total. The molecular weight excluding hydrogens is 229 g/mol. The molecule has 0 unspecified atom stereocenters. The van der Waals surface area contributed by atoms with Crippen molar-refractivity contribution in [3.63, 3.8) is 0 Å². The van der Waals surface area contributed by atoms with Crippen molar-refractivity contribution in [1.29, 1.82) is 0 Å². The zero-order chi connectivity index (χ0) is 13.4. The van der Waals surface area contributed by atoms with Gasteiger partial charge in [0.2, 0.25) is 0 Å². The third-order valence-electron chi connectivity index (χ3n) is 2.84. The van der Waals surface area contributed by atoms with Gasteiger partial charge in [-0.3, -0.25) is 0 Å². The lowest BCUT2D eigenvalue weighted by atomic mass is 9.84.